The van der Waals surface area contributed by atoms with E-state index in [2.05, 4.69) is 26.2 Å². The zero-order chi connectivity index (χ0) is 18.8. The Kier molecular flexibility index (Phi) is 5.84. The van der Waals surface area contributed by atoms with E-state index in [0.717, 1.165) is 15.9 Å². The molecule has 7 heteroatoms. The van der Waals surface area contributed by atoms with Crippen LogP contribution in [-0.2, 0) is 11.2 Å². The van der Waals surface area contributed by atoms with Gasteiger partial charge in [-0.25, -0.2) is 9.78 Å². The van der Waals surface area contributed by atoms with Crippen LogP contribution < -0.4 is 5.32 Å². The molecule has 0 aliphatic carbocycles. The first kappa shape index (κ1) is 19.8. The van der Waals surface area contributed by atoms with Crippen LogP contribution in [0.25, 0.3) is 5.69 Å². The molecule has 0 unspecified atom stereocenters. The molecule has 1 aromatic carbocycles. The van der Waals surface area contributed by atoms with Crippen molar-refractivity contribution in [3.05, 3.63) is 45.9 Å². The molecule has 0 aliphatic rings. The number of hydrogen-bond acceptors (Lipinski definition) is 3. The van der Waals surface area contributed by atoms with E-state index < -0.39 is 17.2 Å². The van der Waals surface area contributed by atoms with E-state index in [9.17, 15) is 4.79 Å². The molecule has 0 spiro atoms. The number of nitrogens with zero attached hydrogens (tertiary/aromatic N) is 2. The quantitative estimate of drug-likeness (QED) is 0.734. The van der Waals surface area contributed by atoms with Gasteiger partial charge in [-0.05, 0) is 68.7 Å². The van der Waals surface area contributed by atoms with Gasteiger partial charge in [-0.3, -0.25) is 0 Å². The van der Waals surface area contributed by atoms with Crippen LogP contribution in [0, 0.1) is 0 Å². The molecule has 5 nitrogen and oxygen atoms in total. The van der Waals surface area contributed by atoms with Crippen LogP contribution in [0.15, 0.2) is 35.2 Å². The number of carbonyl (C=O) groups is 1. The van der Waals surface area contributed by atoms with Gasteiger partial charge in [-0.2, -0.15) is 0 Å². The van der Waals surface area contributed by atoms with Crippen LogP contribution in [-0.4, -0.2) is 26.8 Å². The first-order valence-electron chi connectivity index (χ1n) is 7.95. The van der Waals surface area contributed by atoms with Crippen LogP contribution in [0.5, 0.6) is 0 Å². The lowest BCUT2D eigenvalue weighted by Crippen LogP contribution is -2.47. The zero-order valence-corrected chi connectivity index (χ0v) is 17.4. The maximum atomic E-state index is 12.1. The van der Waals surface area contributed by atoms with Crippen molar-refractivity contribution in [2.75, 3.05) is 0 Å². The Bertz CT molecular complexity index is 766. The Labute approximate surface area is 161 Å². The van der Waals surface area contributed by atoms with Gasteiger partial charge in [0.05, 0.1) is 12.0 Å². The molecule has 2 aromatic rings. The number of rotatable bonds is 4. The molecule has 0 saturated heterocycles. The van der Waals surface area contributed by atoms with Crippen LogP contribution in [0.1, 0.15) is 40.3 Å². The summed E-state index contributed by atoms with van der Waals surface area (Å²) in [6.07, 6.45) is 3.68. The first-order chi connectivity index (χ1) is 11.5. The van der Waals surface area contributed by atoms with Gasteiger partial charge in [-0.15, -0.1) is 0 Å². The molecule has 2 rings (SSSR count). The Hall–Kier alpha value is -1.53. The maximum absolute atomic E-state index is 12.1. The molecule has 0 saturated carbocycles. The summed E-state index contributed by atoms with van der Waals surface area (Å²) in [5.74, 6) is 0. The van der Waals surface area contributed by atoms with E-state index in [-0.39, 0.29) is 0 Å². The summed E-state index contributed by atoms with van der Waals surface area (Å²) in [6, 6.07) is 5.59. The third-order valence-electron chi connectivity index (χ3n) is 3.35. The highest BCUT2D eigenvalue weighted by atomic mass is 79.9. The van der Waals surface area contributed by atoms with Crippen LogP contribution >= 0.6 is 27.5 Å². The number of amides is 1. The van der Waals surface area contributed by atoms with E-state index in [1.54, 1.807) is 12.5 Å². The normalized spacial score (nSPS) is 12.1. The van der Waals surface area contributed by atoms with Crippen molar-refractivity contribution in [3.8, 4) is 5.69 Å². The largest absolute Gasteiger partial charge is 0.444 e. The summed E-state index contributed by atoms with van der Waals surface area (Å²) in [7, 11) is 0. The fraction of sp³-hybridized carbons (Fsp3) is 0.444. The lowest BCUT2D eigenvalue weighted by molar-refractivity contribution is 0.0472. The van der Waals surface area contributed by atoms with E-state index in [1.807, 2.05) is 57.4 Å². The van der Waals surface area contributed by atoms with E-state index in [4.69, 9.17) is 16.3 Å². The molecule has 1 N–H and O–H groups in total. The number of imidazole rings is 1. The third kappa shape index (κ3) is 5.75. The molecule has 0 fully saturated rings. The fourth-order valence-electron chi connectivity index (χ4n) is 2.42. The van der Waals surface area contributed by atoms with Gasteiger partial charge < -0.3 is 14.6 Å². The van der Waals surface area contributed by atoms with Crippen molar-refractivity contribution >= 4 is 33.6 Å². The van der Waals surface area contributed by atoms with Crippen LogP contribution in [0.2, 0.25) is 5.02 Å². The molecule has 1 amide bonds. The van der Waals surface area contributed by atoms with E-state index in [1.165, 1.54) is 0 Å². The number of halogens is 2. The topological polar surface area (TPSA) is 56.2 Å². The van der Waals surface area contributed by atoms with Crippen LogP contribution in [0.4, 0.5) is 4.79 Å². The molecule has 25 heavy (non-hydrogen) atoms. The average molecular weight is 429 g/mol. The van der Waals surface area contributed by atoms with Crippen molar-refractivity contribution in [2.45, 2.75) is 52.2 Å². The number of benzene rings is 1. The lowest BCUT2D eigenvalue weighted by Gasteiger charge is -2.29. The summed E-state index contributed by atoms with van der Waals surface area (Å²) < 4.78 is 8.19. The Morgan fingerprint density at radius 3 is 2.60 bits per heavy atom. The summed E-state index contributed by atoms with van der Waals surface area (Å²) in [6.45, 7) is 9.42. The molecule has 1 heterocycles. The van der Waals surface area contributed by atoms with E-state index in [0.29, 0.717) is 11.4 Å². The Morgan fingerprint density at radius 2 is 2.00 bits per heavy atom. The summed E-state index contributed by atoms with van der Waals surface area (Å²) in [5.41, 5.74) is 0.865. The maximum Gasteiger partial charge on any atom is 0.408 e. The predicted octanol–water partition coefficient (Wildman–Crippen LogP) is 5.13. The average Bonchev–Trinajstić information content (AvgIpc) is 2.82. The van der Waals surface area contributed by atoms with Gasteiger partial charge in [0.2, 0.25) is 0 Å². The minimum absolute atomic E-state index is 0.434. The van der Waals surface area contributed by atoms with Crippen molar-refractivity contribution in [2.24, 2.45) is 0 Å². The third-order valence-corrected chi connectivity index (χ3v) is 4.22. The van der Waals surface area contributed by atoms with Gasteiger partial charge in [-0.1, -0.05) is 11.6 Å². The summed E-state index contributed by atoms with van der Waals surface area (Å²) in [4.78, 5) is 16.3. The Balaban J connectivity index is 2.18. The minimum atomic E-state index is -0.532. The van der Waals surface area contributed by atoms with Crippen molar-refractivity contribution in [1.82, 2.24) is 14.9 Å². The van der Waals surface area contributed by atoms with Gasteiger partial charge in [0, 0.05) is 33.3 Å². The second-order valence-corrected chi connectivity index (χ2v) is 8.83. The van der Waals surface area contributed by atoms with Gasteiger partial charge in [0.25, 0.3) is 0 Å². The van der Waals surface area contributed by atoms with Crippen molar-refractivity contribution in [3.63, 3.8) is 0 Å². The second-order valence-electron chi connectivity index (χ2n) is 7.54. The smallest absolute Gasteiger partial charge is 0.408 e. The number of alkyl carbamates (subject to hydrolysis) is 1. The Morgan fingerprint density at radius 1 is 1.32 bits per heavy atom. The highest BCUT2D eigenvalue weighted by Gasteiger charge is 2.26. The predicted molar refractivity (Wildman–Crippen MR) is 103 cm³/mol. The number of ether oxygens (including phenoxy) is 1. The SMILES string of the molecule is CC(C)(Cc1cncn1-c1ccc(Cl)cc1Br)NC(=O)OC(C)(C)C. The summed E-state index contributed by atoms with van der Waals surface area (Å²) >= 11 is 9.55. The molecule has 1 aromatic heterocycles. The van der Waals surface area contributed by atoms with Gasteiger partial charge in [0.1, 0.15) is 5.60 Å². The molecule has 0 radical (unpaired) electrons. The highest BCUT2D eigenvalue weighted by molar-refractivity contribution is 9.10. The first-order valence-corrected chi connectivity index (χ1v) is 9.12. The molecular weight excluding hydrogens is 406 g/mol. The van der Waals surface area contributed by atoms with E-state index >= 15 is 0 Å². The number of carbonyl (C=O) groups excluding carboxylic acids is 1. The molecule has 0 aliphatic heterocycles. The van der Waals surface area contributed by atoms with Gasteiger partial charge >= 0.3 is 6.09 Å². The minimum Gasteiger partial charge on any atom is -0.444 e. The number of aromatic nitrogens is 2. The second kappa shape index (κ2) is 7.38. The van der Waals surface area contributed by atoms with Crippen molar-refractivity contribution < 1.29 is 9.53 Å². The number of hydrogen-bond donors (Lipinski definition) is 1. The monoisotopic (exact) mass is 427 g/mol. The summed E-state index contributed by atoms with van der Waals surface area (Å²) in [5, 5.41) is 3.58. The fourth-order valence-corrected chi connectivity index (χ4v) is 3.30. The number of nitrogens with one attached hydrogen (secondary N) is 1. The highest BCUT2D eigenvalue weighted by Crippen LogP contribution is 2.27. The molecular formula is C18H23BrClN3O2. The van der Waals surface area contributed by atoms with Gasteiger partial charge in [0.15, 0.2) is 0 Å². The van der Waals surface area contributed by atoms with Crippen LogP contribution in [0.3, 0.4) is 0 Å². The molecule has 136 valence electrons. The lowest BCUT2D eigenvalue weighted by atomic mass is 9.99. The standard InChI is InChI=1S/C18H23BrClN3O2/c1-17(2,3)25-16(24)22-18(4,5)9-13-10-21-11-23(13)15-7-6-12(20)8-14(15)19/h6-8,10-11H,9H2,1-5H3,(H,22,24). The molecule has 0 bridgehead atoms. The molecule has 0 atom stereocenters. The zero-order valence-electron chi connectivity index (χ0n) is 15.1. The van der Waals surface area contributed by atoms with Crippen molar-refractivity contribution in [1.29, 1.82) is 0 Å².